The minimum Gasteiger partial charge on any atom is -0.382 e. The molecule has 0 saturated carbocycles. The Morgan fingerprint density at radius 3 is 2.52 bits per heavy atom. The van der Waals surface area contributed by atoms with Crippen LogP contribution in [0.25, 0.3) is 0 Å². The number of benzene rings is 1. The molecule has 2 unspecified atom stereocenters. The highest BCUT2D eigenvalue weighted by Crippen LogP contribution is 2.36. The van der Waals surface area contributed by atoms with Crippen LogP contribution in [0.4, 0.5) is 5.69 Å². The van der Waals surface area contributed by atoms with Crippen LogP contribution >= 0.6 is 35.0 Å². The van der Waals surface area contributed by atoms with Crippen molar-refractivity contribution in [3.63, 3.8) is 0 Å². The Labute approximate surface area is 208 Å². The maximum absolute atomic E-state index is 13.4. The van der Waals surface area contributed by atoms with Crippen LogP contribution in [0.5, 0.6) is 0 Å². The van der Waals surface area contributed by atoms with Gasteiger partial charge in [-0.25, -0.2) is 0 Å². The highest BCUT2D eigenvalue weighted by Gasteiger charge is 2.33. The quantitative estimate of drug-likeness (QED) is 0.608. The standard InChI is InChI=1S/C24H27Cl2N3O3S/c1-24(32)7-5-16(20(6-8-24)28-11-9-27(2)10-12-28)13-21-23(31)29(22(30)15-33-21)17-3-4-18(25)19(26)14-17/h3-8,13-14,22,30,32H,9-12,15H2,1-2H3/b21-13-. The number of thioether (sulfide) groups is 1. The summed E-state index contributed by atoms with van der Waals surface area (Å²) >= 11 is 13.5. The molecule has 2 aliphatic heterocycles. The number of likely N-dealkylation sites (N-methyl/N-ethyl adjacent to an activating group) is 1. The molecule has 1 aliphatic carbocycles. The fraction of sp³-hybridized carbons (Fsp3) is 0.375. The van der Waals surface area contributed by atoms with Crippen LogP contribution < -0.4 is 4.90 Å². The Kier molecular flexibility index (Phi) is 7.29. The summed E-state index contributed by atoms with van der Waals surface area (Å²) in [5.41, 5.74) is 1.21. The van der Waals surface area contributed by atoms with Crippen molar-refractivity contribution in [3.05, 3.63) is 74.8 Å². The molecule has 0 aromatic heterocycles. The number of carbonyl (C=O) groups is 1. The first kappa shape index (κ1) is 24.4. The van der Waals surface area contributed by atoms with Crippen molar-refractivity contribution in [1.29, 1.82) is 0 Å². The molecule has 1 aromatic carbocycles. The molecule has 176 valence electrons. The summed E-state index contributed by atoms with van der Waals surface area (Å²) in [6, 6.07) is 4.86. The largest absolute Gasteiger partial charge is 0.382 e. The third-order valence-corrected chi connectivity index (χ3v) is 7.71. The van der Waals surface area contributed by atoms with Gasteiger partial charge in [0.05, 0.1) is 20.6 Å². The third-order valence-electron chi connectivity index (χ3n) is 5.90. The number of aliphatic hydroxyl groups is 2. The second kappa shape index (κ2) is 9.86. The summed E-state index contributed by atoms with van der Waals surface area (Å²) in [5, 5.41) is 21.8. The van der Waals surface area contributed by atoms with Crippen molar-refractivity contribution in [1.82, 2.24) is 9.80 Å². The SMILES string of the molecule is CN1CCN(C2=C(/C=C3\SCC(O)N(c4ccc(Cl)c(Cl)c4)C3=O)C=CC(C)(O)C=C2)CC1. The minimum absolute atomic E-state index is 0.309. The second-order valence-corrected chi connectivity index (χ2v) is 10.5. The van der Waals surface area contributed by atoms with Crippen LogP contribution in [0.2, 0.25) is 10.0 Å². The normalized spacial score (nSPS) is 28.1. The van der Waals surface area contributed by atoms with Gasteiger partial charge < -0.3 is 20.0 Å². The first-order chi connectivity index (χ1) is 15.6. The number of anilines is 1. The molecule has 2 atom stereocenters. The zero-order chi connectivity index (χ0) is 23.8. The molecule has 4 rings (SSSR count). The van der Waals surface area contributed by atoms with Crippen LogP contribution in [-0.2, 0) is 4.79 Å². The van der Waals surface area contributed by atoms with E-state index in [4.69, 9.17) is 23.2 Å². The van der Waals surface area contributed by atoms with Gasteiger partial charge >= 0.3 is 0 Å². The first-order valence-electron chi connectivity index (χ1n) is 10.7. The van der Waals surface area contributed by atoms with E-state index < -0.39 is 11.8 Å². The van der Waals surface area contributed by atoms with E-state index in [9.17, 15) is 15.0 Å². The lowest BCUT2D eigenvalue weighted by atomic mass is 10.1. The Morgan fingerprint density at radius 2 is 1.82 bits per heavy atom. The zero-order valence-corrected chi connectivity index (χ0v) is 20.9. The average molecular weight is 508 g/mol. The summed E-state index contributed by atoms with van der Waals surface area (Å²) in [5.74, 6) is 0.0161. The van der Waals surface area contributed by atoms with E-state index in [0.717, 1.165) is 37.4 Å². The highest BCUT2D eigenvalue weighted by molar-refractivity contribution is 8.04. The van der Waals surface area contributed by atoms with E-state index in [2.05, 4.69) is 16.8 Å². The van der Waals surface area contributed by atoms with Crippen LogP contribution in [0.1, 0.15) is 6.92 Å². The van der Waals surface area contributed by atoms with Crippen molar-refractivity contribution < 1.29 is 15.0 Å². The Morgan fingerprint density at radius 1 is 1.12 bits per heavy atom. The molecule has 3 aliphatic rings. The van der Waals surface area contributed by atoms with Crippen molar-refractivity contribution >= 4 is 46.6 Å². The molecule has 2 fully saturated rings. The Hall–Kier alpha value is -1.74. The lowest BCUT2D eigenvalue weighted by Gasteiger charge is -2.36. The van der Waals surface area contributed by atoms with E-state index in [-0.39, 0.29) is 5.91 Å². The third kappa shape index (κ3) is 5.50. The van der Waals surface area contributed by atoms with E-state index in [1.807, 2.05) is 18.2 Å². The molecular formula is C24H27Cl2N3O3S. The monoisotopic (exact) mass is 507 g/mol. The van der Waals surface area contributed by atoms with Crippen molar-refractivity contribution in [2.75, 3.05) is 43.9 Å². The zero-order valence-electron chi connectivity index (χ0n) is 18.5. The molecule has 1 amide bonds. The number of hydrogen-bond donors (Lipinski definition) is 2. The molecule has 6 nitrogen and oxygen atoms in total. The maximum atomic E-state index is 13.4. The lowest BCUT2D eigenvalue weighted by Crippen LogP contribution is -2.46. The molecule has 0 bridgehead atoms. The van der Waals surface area contributed by atoms with Crippen molar-refractivity contribution in [2.24, 2.45) is 0 Å². The predicted molar refractivity (Wildman–Crippen MR) is 135 cm³/mol. The van der Waals surface area contributed by atoms with E-state index in [1.165, 1.54) is 16.7 Å². The van der Waals surface area contributed by atoms with Gasteiger partial charge in [0.1, 0.15) is 6.23 Å². The Bertz CT molecular complexity index is 1060. The number of piperazine rings is 1. The van der Waals surface area contributed by atoms with Gasteiger partial charge in [0, 0.05) is 43.3 Å². The van der Waals surface area contributed by atoms with Crippen LogP contribution in [-0.4, -0.2) is 76.7 Å². The summed E-state index contributed by atoms with van der Waals surface area (Å²) in [6.07, 6.45) is 8.16. The van der Waals surface area contributed by atoms with Gasteiger partial charge in [-0.05, 0) is 62.0 Å². The number of allylic oxidation sites excluding steroid dienone is 4. The highest BCUT2D eigenvalue weighted by atomic mass is 35.5. The molecule has 0 spiro atoms. The van der Waals surface area contributed by atoms with Crippen molar-refractivity contribution in [2.45, 2.75) is 18.8 Å². The van der Waals surface area contributed by atoms with E-state index >= 15 is 0 Å². The van der Waals surface area contributed by atoms with E-state index in [1.54, 1.807) is 37.3 Å². The van der Waals surface area contributed by atoms with Gasteiger partial charge in [-0.1, -0.05) is 29.3 Å². The van der Waals surface area contributed by atoms with Crippen LogP contribution in [0.15, 0.2) is 64.8 Å². The van der Waals surface area contributed by atoms with Gasteiger partial charge in [0.2, 0.25) is 0 Å². The molecular weight excluding hydrogens is 481 g/mol. The molecule has 9 heteroatoms. The number of halogens is 2. The lowest BCUT2D eigenvalue weighted by molar-refractivity contribution is -0.116. The summed E-state index contributed by atoms with van der Waals surface area (Å²) < 4.78 is 0. The molecule has 33 heavy (non-hydrogen) atoms. The number of hydrogen-bond acceptors (Lipinski definition) is 6. The number of amides is 1. The van der Waals surface area contributed by atoms with Gasteiger partial charge in [-0.2, -0.15) is 0 Å². The number of rotatable bonds is 3. The first-order valence-corrected chi connectivity index (χ1v) is 12.5. The fourth-order valence-corrected chi connectivity index (χ4v) is 5.13. The molecule has 0 radical (unpaired) electrons. The van der Waals surface area contributed by atoms with Gasteiger partial charge in [-0.3, -0.25) is 9.69 Å². The smallest absolute Gasteiger partial charge is 0.266 e. The van der Waals surface area contributed by atoms with Gasteiger partial charge in [-0.15, -0.1) is 11.8 Å². The summed E-state index contributed by atoms with van der Waals surface area (Å²) in [6.45, 7) is 5.31. The number of aliphatic hydroxyl groups excluding tert-OH is 1. The van der Waals surface area contributed by atoms with Crippen LogP contribution in [0, 0.1) is 0 Å². The average Bonchev–Trinajstić information content (AvgIpc) is 2.91. The number of carbonyl (C=O) groups excluding carboxylic acids is 1. The second-order valence-electron chi connectivity index (χ2n) is 8.60. The Balaban J connectivity index is 1.71. The molecule has 2 heterocycles. The predicted octanol–water partition coefficient (Wildman–Crippen LogP) is 3.65. The molecule has 2 saturated heterocycles. The summed E-state index contributed by atoms with van der Waals surface area (Å²) in [7, 11) is 2.10. The van der Waals surface area contributed by atoms with Crippen LogP contribution in [0.3, 0.4) is 0 Å². The maximum Gasteiger partial charge on any atom is 0.266 e. The van der Waals surface area contributed by atoms with Gasteiger partial charge in [0.15, 0.2) is 0 Å². The van der Waals surface area contributed by atoms with Gasteiger partial charge in [0.25, 0.3) is 5.91 Å². The topological polar surface area (TPSA) is 67.2 Å². The van der Waals surface area contributed by atoms with E-state index in [0.29, 0.717) is 26.4 Å². The molecule has 1 aromatic rings. The molecule has 2 N–H and O–H groups in total. The fourth-order valence-electron chi connectivity index (χ4n) is 3.92. The number of nitrogens with zero attached hydrogens (tertiary/aromatic N) is 3. The van der Waals surface area contributed by atoms with Crippen molar-refractivity contribution in [3.8, 4) is 0 Å². The minimum atomic E-state index is -1.08. The summed E-state index contributed by atoms with van der Waals surface area (Å²) in [4.78, 5) is 19.8.